The predicted molar refractivity (Wildman–Crippen MR) is 104 cm³/mol. The third-order valence-corrected chi connectivity index (χ3v) is 5.79. The summed E-state index contributed by atoms with van der Waals surface area (Å²) in [5.74, 6) is -0.879. The monoisotopic (exact) mass is 416 g/mol. The van der Waals surface area contributed by atoms with Gasteiger partial charge in [-0.15, -0.1) is 0 Å². The third kappa shape index (κ3) is 3.96. The van der Waals surface area contributed by atoms with Crippen molar-refractivity contribution in [2.75, 3.05) is 18.7 Å². The van der Waals surface area contributed by atoms with E-state index < -0.39 is 18.0 Å². The number of hydrogen-bond acceptors (Lipinski definition) is 7. The van der Waals surface area contributed by atoms with Crippen molar-refractivity contribution in [3.05, 3.63) is 18.2 Å². The molecule has 2 fully saturated rings. The first kappa shape index (κ1) is 20.2. The Kier molecular flexibility index (Phi) is 5.61. The summed E-state index contributed by atoms with van der Waals surface area (Å²) in [6.45, 7) is 1.57. The zero-order valence-electron chi connectivity index (χ0n) is 16.7. The minimum atomic E-state index is -1.03. The van der Waals surface area contributed by atoms with Crippen molar-refractivity contribution in [3.63, 3.8) is 0 Å². The van der Waals surface area contributed by atoms with Gasteiger partial charge in [-0.25, -0.2) is 0 Å². The van der Waals surface area contributed by atoms with E-state index in [4.69, 9.17) is 14.2 Å². The molecule has 0 radical (unpaired) electrons. The standard InChI is InChI=1S/C21H24N2O7/c1-12(19(25)22-13-6-7-16-17(10-13)29-11-28-16)30-18(24)8-9-23-20(26)14-4-2-3-5-15(14)21(23)27/h6-7,10,12,14-15H,2-5,8-9,11H2,1H3,(H,22,25)/t12-,14-,15+/m1/s1. The summed E-state index contributed by atoms with van der Waals surface area (Å²) < 4.78 is 15.6. The molecule has 3 aliphatic rings. The first-order chi connectivity index (χ1) is 14.4. The minimum absolute atomic E-state index is 0.0139. The van der Waals surface area contributed by atoms with Crippen LogP contribution in [-0.2, 0) is 23.9 Å². The highest BCUT2D eigenvalue weighted by atomic mass is 16.7. The number of benzene rings is 1. The van der Waals surface area contributed by atoms with Crippen molar-refractivity contribution < 1.29 is 33.4 Å². The van der Waals surface area contributed by atoms with Gasteiger partial charge in [0.1, 0.15) is 0 Å². The number of carbonyl (C=O) groups is 4. The average molecular weight is 416 g/mol. The Bertz CT molecular complexity index is 860. The Morgan fingerprint density at radius 2 is 1.80 bits per heavy atom. The number of likely N-dealkylation sites (tertiary alicyclic amines) is 1. The molecule has 0 aromatic heterocycles. The summed E-state index contributed by atoms with van der Waals surface area (Å²) >= 11 is 0. The first-order valence-corrected chi connectivity index (χ1v) is 10.2. The molecular weight excluding hydrogens is 392 g/mol. The molecule has 1 saturated carbocycles. The number of imide groups is 1. The summed E-state index contributed by atoms with van der Waals surface area (Å²) in [4.78, 5) is 50.5. The molecule has 0 spiro atoms. The molecular formula is C21H24N2O7. The van der Waals surface area contributed by atoms with E-state index in [0.717, 1.165) is 25.7 Å². The molecule has 160 valence electrons. The summed E-state index contributed by atoms with van der Waals surface area (Å²) in [5, 5.41) is 2.65. The van der Waals surface area contributed by atoms with Crippen LogP contribution in [0.3, 0.4) is 0 Å². The van der Waals surface area contributed by atoms with Gasteiger partial charge in [0.05, 0.1) is 18.3 Å². The summed E-state index contributed by atoms with van der Waals surface area (Å²) in [5.41, 5.74) is 0.489. The van der Waals surface area contributed by atoms with E-state index in [1.54, 1.807) is 18.2 Å². The second-order valence-corrected chi connectivity index (χ2v) is 7.76. The van der Waals surface area contributed by atoms with Gasteiger partial charge in [-0.2, -0.15) is 0 Å². The largest absolute Gasteiger partial charge is 0.454 e. The molecule has 2 heterocycles. The van der Waals surface area contributed by atoms with Crippen LogP contribution in [0.25, 0.3) is 0 Å². The number of nitrogens with one attached hydrogen (secondary N) is 1. The van der Waals surface area contributed by atoms with Crippen molar-refractivity contribution in [2.24, 2.45) is 11.8 Å². The van der Waals surface area contributed by atoms with E-state index in [1.165, 1.54) is 11.8 Å². The Morgan fingerprint density at radius 3 is 2.50 bits per heavy atom. The molecule has 4 rings (SSSR count). The van der Waals surface area contributed by atoms with Crippen LogP contribution in [0, 0.1) is 11.8 Å². The van der Waals surface area contributed by atoms with Gasteiger partial charge in [0, 0.05) is 18.3 Å². The van der Waals surface area contributed by atoms with Gasteiger partial charge < -0.3 is 19.5 Å². The van der Waals surface area contributed by atoms with Gasteiger partial charge in [0.25, 0.3) is 5.91 Å². The highest BCUT2D eigenvalue weighted by molar-refractivity contribution is 6.05. The van der Waals surface area contributed by atoms with Crippen LogP contribution in [0.4, 0.5) is 5.69 Å². The molecule has 3 amide bonds. The highest BCUT2D eigenvalue weighted by Crippen LogP contribution is 2.38. The maximum Gasteiger partial charge on any atom is 0.308 e. The van der Waals surface area contributed by atoms with Crippen LogP contribution in [-0.4, -0.2) is 48.0 Å². The number of ether oxygens (including phenoxy) is 3. The molecule has 1 aromatic carbocycles. The SMILES string of the molecule is C[C@@H](OC(=O)CCN1C(=O)[C@H]2CCCC[C@H]2C1=O)C(=O)Nc1ccc2c(c1)OCO2. The second-order valence-electron chi connectivity index (χ2n) is 7.76. The van der Waals surface area contributed by atoms with Crippen LogP contribution in [0.15, 0.2) is 18.2 Å². The number of anilines is 1. The summed E-state index contributed by atoms with van der Waals surface area (Å²) in [6.07, 6.45) is 2.19. The Morgan fingerprint density at radius 1 is 1.13 bits per heavy atom. The molecule has 2 aliphatic heterocycles. The zero-order valence-corrected chi connectivity index (χ0v) is 16.7. The molecule has 9 nitrogen and oxygen atoms in total. The molecule has 0 unspecified atom stereocenters. The van der Waals surface area contributed by atoms with Crippen molar-refractivity contribution in [1.29, 1.82) is 0 Å². The Labute approximate surface area is 173 Å². The van der Waals surface area contributed by atoms with Crippen LogP contribution >= 0.6 is 0 Å². The van der Waals surface area contributed by atoms with E-state index in [2.05, 4.69) is 5.32 Å². The lowest BCUT2D eigenvalue weighted by atomic mass is 9.81. The quantitative estimate of drug-likeness (QED) is 0.556. The molecule has 1 saturated heterocycles. The minimum Gasteiger partial charge on any atom is -0.454 e. The van der Waals surface area contributed by atoms with Gasteiger partial charge in [-0.05, 0) is 31.9 Å². The second kappa shape index (κ2) is 8.33. The number of amides is 3. The maximum absolute atomic E-state index is 12.4. The Balaban J connectivity index is 1.26. The van der Waals surface area contributed by atoms with Crippen molar-refractivity contribution in [2.45, 2.75) is 45.1 Å². The smallest absolute Gasteiger partial charge is 0.308 e. The topological polar surface area (TPSA) is 111 Å². The molecule has 1 N–H and O–H groups in total. The fraction of sp³-hybridized carbons (Fsp3) is 0.524. The first-order valence-electron chi connectivity index (χ1n) is 10.2. The molecule has 0 bridgehead atoms. The molecule has 3 atom stereocenters. The maximum atomic E-state index is 12.4. The number of nitrogens with zero attached hydrogens (tertiary/aromatic N) is 1. The summed E-state index contributed by atoms with van der Waals surface area (Å²) in [7, 11) is 0. The van der Waals surface area contributed by atoms with Gasteiger partial charge in [0.2, 0.25) is 18.6 Å². The number of hydrogen-bond donors (Lipinski definition) is 1. The van der Waals surface area contributed by atoms with Crippen molar-refractivity contribution >= 4 is 29.4 Å². The van der Waals surface area contributed by atoms with Crippen molar-refractivity contribution in [1.82, 2.24) is 4.90 Å². The Hall–Kier alpha value is -3.10. The lowest BCUT2D eigenvalue weighted by Crippen LogP contribution is -2.35. The number of rotatable bonds is 6. The molecule has 9 heteroatoms. The van der Waals surface area contributed by atoms with E-state index in [1.807, 2.05) is 0 Å². The number of carbonyl (C=O) groups excluding carboxylic acids is 4. The van der Waals surface area contributed by atoms with Crippen LogP contribution in [0.2, 0.25) is 0 Å². The predicted octanol–water partition coefficient (Wildman–Crippen LogP) is 1.85. The fourth-order valence-corrected chi connectivity index (χ4v) is 4.18. The van der Waals surface area contributed by atoms with Gasteiger partial charge in [-0.1, -0.05) is 12.8 Å². The average Bonchev–Trinajstić information content (AvgIpc) is 3.29. The molecule has 30 heavy (non-hydrogen) atoms. The highest BCUT2D eigenvalue weighted by Gasteiger charge is 2.47. The lowest BCUT2D eigenvalue weighted by molar-refractivity contribution is -0.154. The fourth-order valence-electron chi connectivity index (χ4n) is 4.18. The van der Waals surface area contributed by atoms with E-state index >= 15 is 0 Å². The van der Waals surface area contributed by atoms with E-state index in [-0.39, 0.29) is 43.4 Å². The van der Waals surface area contributed by atoms with Gasteiger partial charge >= 0.3 is 5.97 Å². The van der Waals surface area contributed by atoms with Gasteiger partial charge in [0.15, 0.2) is 17.6 Å². The number of esters is 1. The van der Waals surface area contributed by atoms with Crippen LogP contribution < -0.4 is 14.8 Å². The lowest BCUT2D eigenvalue weighted by Gasteiger charge is -2.19. The zero-order chi connectivity index (χ0) is 21.3. The van der Waals surface area contributed by atoms with Crippen LogP contribution in [0.5, 0.6) is 11.5 Å². The van der Waals surface area contributed by atoms with Crippen LogP contribution in [0.1, 0.15) is 39.0 Å². The van der Waals surface area contributed by atoms with E-state index in [9.17, 15) is 19.2 Å². The molecule has 1 aliphatic carbocycles. The third-order valence-electron chi connectivity index (χ3n) is 5.79. The normalized spacial score (nSPS) is 23.2. The van der Waals surface area contributed by atoms with E-state index in [0.29, 0.717) is 17.2 Å². The number of fused-ring (bicyclic) bond motifs is 2. The van der Waals surface area contributed by atoms with Crippen molar-refractivity contribution in [3.8, 4) is 11.5 Å². The van der Waals surface area contributed by atoms with Gasteiger partial charge in [-0.3, -0.25) is 24.1 Å². The molecule has 1 aromatic rings. The summed E-state index contributed by atoms with van der Waals surface area (Å²) in [6, 6.07) is 4.96.